The van der Waals surface area contributed by atoms with Crippen LogP contribution in [-0.2, 0) is 15.1 Å². The van der Waals surface area contributed by atoms with Gasteiger partial charge in [0.1, 0.15) is 0 Å². The van der Waals surface area contributed by atoms with Crippen molar-refractivity contribution in [2.45, 2.75) is 79.2 Å². The number of hydrogen-bond acceptors (Lipinski definition) is 5. The molecule has 0 fully saturated rings. The molecule has 2 aromatic rings. The highest BCUT2D eigenvalue weighted by atomic mass is 16.3. The van der Waals surface area contributed by atoms with E-state index in [9.17, 15) is 19.8 Å². The first kappa shape index (κ1) is 30.1. The first-order valence-electron chi connectivity index (χ1n) is 12.7. The van der Waals surface area contributed by atoms with Gasteiger partial charge in [0.15, 0.2) is 12.2 Å². The van der Waals surface area contributed by atoms with Crippen LogP contribution in [-0.4, -0.2) is 45.7 Å². The number of allylic oxidation sites excluding steroid dienone is 1. The number of aryl methyl sites for hydroxylation is 1. The first-order chi connectivity index (χ1) is 17.2. The zero-order valence-corrected chi connectivity index (χ0v) is 23.4. The third kappa shape index (κ3) is 8.17. The topological polar surface area (TPSA) is 102 Å². The Morgan fingerprint density at radius 1 is 1.00 bits per heavy atom. The van der Waals surface area contributed by atoms with E-state index >= 15 is 0 Å². The van der Waals surface area contributed by atoms with Crippen LogP contribution in [0.4, 0.5) is 5.69 Å². The fourth-order valence-corrected chi connectivity index (χ4v) is 4.07. The molecule has 0 aliphatic carbocycles. The lowest BCUT2D eigenvalue weighted by atomic mass is 9.86. The number of aliphatic hydroxyl groups excluding tert-OH is 2. The van der Waals surface area contributed by atoms with E-state index in [1.54, 1.807) is 11.8 Å². The highest BCUT2D eigenvalue weighted by molar-refractivity contribution is 5.91. The van der Waals surface area contributed by atoms with Crippen molar-refractivity contribution in [3.63, 3.8) is 0 Å². The van der Waals surface area contributed by atoms with E-state index in [4.69, 9.17) is 0 Å². The zero-order valence-electron chi connectivity index (χ0n) is 23.4. The Balaban J connectivity index is 2.20. The molecule has 0 saturated carbocycles. The smallest absolute Gasteiger partial charge is 0.255 e. The quantitative estimate of drug-likeness (QED) is 0.373. The van der Waals surface area contributed by atoms with Gasteiger partial charge in [0.2, 0.25) is 0 Å². The van der Waals surface area contributed by atoms with Crippen molar-refractivity contribution in [1.29, 1.82) is 0 Å². The zero-order chi connectivity index (χ0) is 28.0. The largest absolute Gasteiger partial charge is 0.380 e. The van der Waals surface area contributed by atoms with Gasteiger partial charge in [-0.1, -0.05) is 68.8 Å². The summed E-state index contributed by atoms with van der Waals surface area (Å²) in [4.78, 5) is 28.0. The number of hydrogen-bond donors (Lipinski definition) is 4. The van der Waals surface area contributed by atoms with Crippen LogP contribution in [0.5, 0.6) is 0 Å². The maximum atomic E-state index is 13.6. The van der Waals surface area contributed by atoms with E-state index in [-0.39, 0.29) is 5.41 Å². The number of rotatable bonds is 10. The summed E-state index contributed by atoms with van der Waals surface area (Å²) in [5.74, 6) is -1.51. The van der Waals surface area contributed by atoms with Gasteiger partial charge in [-0.3, -0.25) is 9.59 Å². The van der Waals surface area contributed by atoms with Gasteiger partial charge in [0.05, 0.1) is 11.6 Å². The monoisotopic (exact) mass is 509 g/mol. The lowest BCUT2D eigenvalue weighted by Gasteiger charge is -2.44. The van der Waals surface area contributed by atoms with Gasteiger partial charge in [0, 0.05) is 12.2 Å². The van der Waals surface area contributed by atoms with E-state index in [2.05, 4.69) is 10.6 Å². The number of nitrogens with zero attached hydrogens (tertiary/aromatic N) is 1. The molecule has 0 heterocycles. The molecule has 0 radical (unpaired) electrons. The third-order valence-corrected chi connectivity index (χ3v) is 6.30. The summed E-state index contributed by atoms with van der Waals surface area (Å²) in [7, 11) is 0. The Morgan fingerprint density at radius 3 is 2.16 bits per heavy atom. The first-order valence-corrected chi connectivity index (χ1v) is 12.7. The Hall–Kier alpha value is -3.16. The molecule has 0 aliphatic rings. The van der Waals surface area contributed by atoms with Crippen molar-refractivity contribution in [1.82, 2.24) is 10.2 Å². The van der Waals surface area contributed by atoms with Crippen LogP contribution in [0.25, 0.3) is 0 Å². The number of benzene rings is 2. The van der Waals surface area contributed by atoms with Crippen molar-refractivity contribution in [3.8, 4) is 0 Å². The SMILES string of the molecule is C/C=C\Nc1ccc([C@@H](C)NC(=O)[C@H](O)[C@@H](O)C(=O)N(CC(C)(C)C)C(C)(C)c2cccc(C)c2)cc1. The molecule has 0 spiro atoms. The second-order valence-electron chi connectivity index (χ2n) is 11.3. The van der Waals surface area contributed by atoms with E-state index in [1.165, 1.54) is 0 Å². The molecule has 0 bridgehead atoms. The molecule has 7 heteroatoms. The van der Waals surface area contributed by atoms with Crippen molar-refractivity contribution in [2.24, 2.45) is 5.41 Å². The predicted molar refractivity (Wildman–Crippen MR) is 149 cm³/mol. The van der Waals surface area contributed by atoms with E-state index in [0.29, 0.717) is 6.54 Å². The van der Waals surface area contributed by atoms with Crippen LogP contribution >= 0.6 is 0 Å². The summed E-state index contributed by atoms with van der Waals surface area (Å²) >= 11 is 0. The molecule has 2 aromatic carbocycles. The second-order valence-corrected chi connectivity index (χ2v) is 11.3. The van der Waals surface area contributed by atoms with E-state index in [1.807, 2.05) is 109 Å². The summed E-state index contributed by atoms with van der Waals surface area (Å²) in [6.07, 6.45) is -0.125. The van der Waals surface area contributed by atoms with E-state index < -0.39 is 35.6 Å². The van der Waals surface area contributed by atoms with Crippen LogP contribution in [0.1, 0.15) is 71.2 Å². The number of nitrogens with one attached hydrogen (secondary N) is 2. The van der Waals surface area contributed by atoms with Crippen molar-refractivity contribution >= 4 is 17.5 Å². The van der Waals surface area contributed by atoms with Gasteiger partial charge in [-0.15, -0.1) is 0 Å². The van der Waals surface area contributed by atoms with Gasteiger partial charge in [-0.05, 0) is 69.5 Å². The maximum Gasteiger partial charge on any atom is 0.255 e. The van der Waals surface area contributed by atoms with Crippen LogP contribution in [0.2, 0.25) is 0 Å². The molecule has 0 unspecified atom stereocenters. The second kappa shape index (κ2) is 12.4. The normalized spacial score (nSPS) is 14.6. The minimum atomic E-state index is -1.92. The van der Waals surface area contributed by atoms with Gasteiger partial charge in [-0.2, -0.15) is 0 Å². The fourth-order valence-electron chi connectivity index (χ4n) is 4.07. The molecule has 2 rings (SSSR count). The van der Waals surface area contributed by atoms with Gasteiger partial charge >= 0.3 is 0 Å². The average molecular weight is 510 g/mol. The molecule has 2 amide bonds. The standard InChI is InChI=1S/C30H43N3O4/c1-9-17-31-24-15-13-22(14-16-24)21(3)32-27(36)25(34)26(35)28(37)33(19-29(4,5)6)30(7,8)23-12-10-11-20(2)18-23/h9-18,21,25-26,31,34-35H,19H2,1-8H3,(H,32,36)/b17-9-/t21-,25-,26-/m1/s1. The molecule has 4 N–H and O–H groups in total. The Kier molecular flexibility index (Phi) is 10.1. The number of anilines is 1. The van der Waals surface area contributed by atoms with Crippen molar-refractivity contribution in [3.05, 3.63) is 77.5 Å². The molecular weight excluding hydrogens is 466 g/mol. The summed E-state index contributed by atoms with van der Waals surface area (Å²) in [6.45, 7) is 15.8. The minimum Gasteiger partial charge on any atom is -0.380 e. The molecule has 7 nitrogen and oxygen atoms in total. The lowest BCUT2D eigenvalue weighted by Crippen LogP contribution is -2.57. The molecule has 37 heavy (non-hydrogen) atoms. The van der Waals surface area contributed by atoms with Crippen molar-refractivity contribution in [2.75, 3.05) is 11.9 Å². The molecular formula is C30H43N3O4. The predicted octanol–water partition coefficient (Wildman–Crippen LogP) is 4.65. The van der Waals surface area contributed by atoms with Crippen LogP contribution in [0, 0.1) is 12.3 Å². The third-order valence-electron chi connectivity index (χ3n) is 6.30. The molecule has 202 valence electrons. The maximum absolute atomic E-state index is 13.6. The Labute approximate surface area is 221 Å². The summed E-state index contributed by atoms with van der Waals surface area (Å²) in [5, 5.41) is 27.4. The van der Waals surface area contributed by atoms with Crippen LogP contribution in [0.3, 0.4) is 0 Å². The molecule has 0 aliphatic heterocycles. The molecule has 3 atom stereocenters. The summed E-state index contributed by atoms with van der Waals surface area (Å²) in [5.41, 5.74) is 2.60. The summed E-state index contributed by atoms with van der Waals surface area (Å²) < 4.78 is 0. The molecule has 0 aromatic heterocycles. The molecule has 0 saturated heterocycles. The van der Waals surface area contributed by atoms with Gasteiger partial charge < -0.3 is 25.7 Å². The highest BCUT2D eigenvalue weighted by Crippen LogP contribution is 2.32. The highest BCUT2D eigenvalue weighted by Gasteiger charge is 2.41. The fraction of sp³-hybridized carbons (Fsp3) is 0.467. The number of amides is 2. The number of carbonyl (C=O) groups excluding carboxylic acids is 2. The van der Waals surface area contributed by atoms with Crippen molar-refractivity contribution < 1.29 is 19.8 Å². The number of aliphatic hydroxyl groups is 2. The van der Waals surface area contributed by atoms with Gasteiger partial charge in [0.25, 0.3) is 11.8 Å². The number of carbonyl (C=O) groups is 2. The average Bonchev–Trinajstić information content (AvgIpc) is 2.84. The summed E-state index contributed by atoms with van der Waals surface area (Å²) in [6, 6.07) is 14.9. The lowest BCUT2D eigenvalue weighted by molar-refractivity contribution is -0.159. The van der Waals surface area contributed by atoms with Crippen LogP contribution in [0.15, 0.2) is 60.8 Å². The minimum absolute atomic E-state index is 0.286. The van der Waals surface area contributed by atoms with Gasteiger partial charge in [-0.25, -0.2) is 0 Å². The Bertz CT molecular complexity index is 1090. The van der Waals surface area contributed by atoms with Crippen LogP contribution < -0.4 is 10.6 Å². The van der Waals surface area contributed by atoms with E-state index in [0.717, 1.165) is 22.4 Å². The Morgan fingerprint density at radius 2 is 1.62 bits per heavy atom.